The number of aromatic carboxylic acids is 1. The van der Waals surface area contributed by atoms with E-state index in [2.05, 4.69) is 9.97 Å². The number of carboxylic acids is 1. The first kappa shape index (κ1) is 13.0. The molecule has 1 N–H and O–H groups in total. The average Bonchev–Trinajstić information content (AvgIpc) is 2.40. The summed E-state index contributed by atoms with van der Waals surface area (Å²) in [5, 5.41) is 8.81. The summed E-state index contributed by atoms with van der Waals surface area (Å²) in [7, 11) is 1.61. The molecule has 0 radical (unpaired) electrons. The molecule has 1 aromatic carbocycles. The van der Waals surface area contributed by atoms with E-state index in [1.165, 1.54) is 6.20 Å². The second-order valence-corrected chi connectivity index (χ2v) is 3.73. The molecule has 0 unspecified atom stereocenters. The lowest BCUT2D eigenvalue weighted by Gasteiger charge is -2.06. The van der Waals surface area contributed by atoms with Crippen LogP contribution in [0.3, 0.4) is 0 Å². The van der Waals surface area contributed by atoms with Gasteiger partial charge in [0.1, 0.15) is 5.75 Å². The lowest BCUT2D eigenvalue weighted by molar-refractivity contribution is 0.0689. The van der Waals surface area contributed by atoms with Crippen LogP contribution in [0.2, 0.25) is 0 Å². The third-order valence-electron chi connectivity index (χ3n) is 2.26. The van der Waals surface area contributed by atoms with Crippen LogP contribution in [0.25, 0.3) is 0 Å². The molecular formula is C13H12N2O4. The molecule has 19 heavy (non-hydrogen) atoms. The van der Waals surface area contributed by atoms with Crippen LogP contribution in [-0.4, -0.2) is 28.2 Å². The highest BCUT2D eigenvalue weighted by Gasteiger charge is 2.07. The standard InChI is InChI=1S/C13H12N2O4/c1-18-8-9-3-2-4-10(5-9)19-12-7-14-6-11(15-12)13(16)17/h2-7H,8H2,1H3,(H,16,17). The molecule has 0 saturated carbocycles. The molecule has 1 aromatic heterocycles. The van der Waals surface area contributed by atoms with Crippen LogP contribution in [0.5, 0.6) is 11.6 Å². The molecule has 0 aliphatic heterocycles. The summed E-state index contributed by atoms with van der Waals surface area (Å²) in [4.78, 5) is 18.4. The summed E-state index contributed by atoms with van der Waals surface area (Å²) in [5.74, 6) is -0.466. The first-order valence-corrected chi connectivity index (χ1v) is 5.50. The van der Waals surface area contributed by atoms with Gasteiger partial charge in [0, 0.05) is 7.11 Å². The number of aromatic nitrogens is 2. The van der Waals surface area contributed by atoms with E-state index in [0.717, 1.165) is 11.8 Å². The Balaban J connectivity index is 2.18. The van der Waals surface area contributed by atoms with Gasteiger partial charge in [-0.2, -0.15) is 0 Å². The number of rotatable bonds is 5. The van der Waals surface area contributed by atoms with E-state index >= 15 is 0 Å². The fourth-order valence-corrected chi connectivity index (χ4v) is 1.49. The van der Waals surface area contributed by atoms with Crippen molar-refractivity contribution in [2.24, 2.45) is 0 Å². The minimum atomic E-state index is -1.15. The SMILES string of the molecule is COCc1cccc(Oc2cncc(C(=O)O)n2)c1. The lowest BCUT2D eigenvalue weighted by Crippen LogP contribution is -2.02. The summed E-state index contributed by atoms with van der Waals surface area (Å²) >= 11 is 0. The molecule has 6 nitrogen and oxygen atoms in total. The Morgan fingerprint density at radius 2 is 2.21 bits per heavy atom. The first-order chi connectivity index (χ1) is 9.19. The van der Waals surface area contributed by atoms with Crippen molar-refractivity contribution < 1.29 is 19.4 Å². The number of hydrogen-bond donors (Lipinski definition) is 1. The van der Waals surface area contributed by atoms with Crippen molar-refractivity contribution in [3.63, 3.8) is 0 Å². The van der Waals surface area contributed by atoms with Gasteiger partial charge in [0.05, 0.1) is 19.0 Å². The van der Waals surface area contributed by atoms with Crippen LogP contribution in [-0.2, 0) is 11.3 Å². The molecule has 2 aromatic rings. The smallest absolute Gasteiger partial charge is 0.356 e. The summed E-state index contributed by atoms with van der Waals surface area (Å²) in [6.45, 7) is 0.470. The molecule has 6 heteroatoms. The number of carbonyl (C=O) groups is 1. The zero-order valence-electron chi connectivity index (χ0n) is 10.2. The zero-order chi connectivity index (χ0) is 13.7. The molecule has 0 aliphatic carbocycles. The van der Waals surface area contributed by atoms with E-state index < -0.39 is 5.97 Å². The van der Waals surface area contributed by atoms with Crippen LogP contribution in [0.15, 0.2) is 36.7 Å². The maximum absolute atomic E-state index is 10.8. The summed E-state index contributed by atoms with van der Waals surface area (Å²) in [6, 6.07) is 7.25. The van der Waals surface area contributed by atoms with Crippen LogP contribution in [0, 0.1) is 0 Å². The van der Waals surface area contributed by atoms with Crippen molar-refractivity contribution in [3.8, 4) is 11.6 Å². The van der Waals surface area contributed by atoms with Gasteiger partial charge >= 0.3 is 5.97 Å². The summed E-state index contributed by atoms with van der Waals surface area (Å²) in [5.41, 5.74) is 0.785. The van der Waals surface area contributed by atoms with E-state index in [1.54, 1.807) is 19.2 Å². The van der Waals surface area contributed by atoms with Crippen molar-refractivity contribution in [1.29, 1.82) is 0 Å². The van der Waals surface area contributed by atoms with Gasteiger partial charge in [-0.3, -0.25) is 4.98 Å². The minimum absolute atomic E-state index is 0.134. The van der Waals surface area contributed by atoms with Crippen molar-refractivity contribution in [2.45, 2.75) is 6.61 Å². The molecule has 0 amide bonds. The van der Waals surface area contributed by atoms with Gasteiger partial charge in [0.2, 0.25) is 5.88 Å². The number of carboxylic acid groups (broad SMARTS) is 1. The normalized spacial score (nSPS) is 10.2. The van der Waals surface area contributed by atoms with Crippen LogP contribution < -0.4 is 4.74 Å². The first-order valence-electron chi connectivity index (χ1n) is 5.50. The Morgan fingerprint density at radius 1 is 1.37 bits per heavy atom. The Hall–Kier alpha value is -2.47. The minimum Gasteiger partial charge on any atom is -0.476 e. The van der Waals surface area contributed by atoms with Crippen molar-refractivity contribution in [1.82, 2.24) is 9.97 Å². The van der Waals surface area contributed by atoms with E-state index in [1.807, 2.05) is 12.1 Å². The number of hydrogen-bond acceptors (Lipinski definition) is 5. The number of methoxy groups -OCH3 is 1. The van der Waals surface area contributed by atoms with Crippen molar-refractivity contribution >= 4 is 5.97 Å². The Labute approximate surface area is 109 Å². The lowest BCUT2D eigenvalue weighted by atomic mass is 10.2. The Kier molecular flexibility index (Phi) is 4.04. The predicted molar refractivity (Wildman–Crippen MR) is 66.2 cm³/mol. The molecule has 1 heterocycles. The van der Waals surface area contributed by atoms with Gasteiger partial charge < -0.3 is 14.6 Å². The third-order valence-corrected chi connectivity index (χ3v) is 2.26. The fourth-order valence-electron chi connectivity index (χ4n) is 1.49. The van der Waals surface area contributed by atoms with Crippen LogP contribution in [0.1, 0.15) is 16.1 Å². The molecule has 0 spiro atoms. The number of ether oxygens (including phenoxy) is 2. The van der Waals surface area contributed by atoms with Gasteiger partial charge in [-0.1, -0.05) is 12.1 Å². The van der Waals surface area contributed by atoms with Crippen LogP contribution in [0.4, 0.5) is 0 Å². The summed E-state index contributed by atoms with van der Waals surface area (Å²) < 4.78 is 10.5. The topological polar surface area (TPSA) is 81.5 Å². The van der Waals surface area contributed by atoms with Crippen molar-refractivity contribution in [3.05, 3.63) is 47.9 Å². The highest BCUT2D eigenvalue weighted by molar-refractivity contribution is 5.84. The Morgan fingerprint density at radius 3 is 2.95 bits per heavy atom. The van der Waals surface area contributed by atoms with Crippen molar-refractivity contribution in [2.75, 3.05) is 7.11 Å². The Bertz CT molecular complexity index is 586. The quantitative estimate of drug-likeness (QED) is 0.886. The van der Waals surface area contributed by atoms with E-state index in [9.17, 15) is 4.79 Å². The fraction of sp³-hybridized carbons (Fsp3) is 0.154. The van der Waals surface area contributed by atoms with Gasteiger partial charge in [0.15, 0.2) is 5.69 Å². The molecule has 0 atom stereocenters. The third kappa shape index (κ3) is 3.49. The van der Waals surface area contributed by atoms with E-state index in [-0.39, 0.29) is 11.6 Å². The summed E-state index contributed by atoms with van der Waals surface area (Å²) in [6.07, 6.45) is 2.52. The van der Waals surface area contributed by atoms with Crippen LogP contribution >= 0.6 is 0 Å². The molecule has 2 rings (SSSR count). The van der Waals surface area contributed by atoms with Gasteiger partial charge in [-0.15, -0.1) is 0 Å². The monoisotopic (exact) mass is 260 g/mol. The number of nitrogens with zero attached hydrogens (tertiary/aromatic N) is 2. The van der Waals surface area contributed by atoms with E-state index in [0.29, 0.717) is 12.4 Å². The maximum Gasteiger partial charge on any atom is 0.356 e. The zero-order valence-corrected chi connectivity index (χ0v) is 10.2. The average molecular weight is 260 g/mol. The van der Waals surface area contributed by atoms with Gasteiger partial charge in [-0.05, 0) is 17.7 Å². The second-order valence-electron chi connectivity index (χ2n) is 3.73. The molecule has 0 saturated heterocycles. The van der Waals surface area contributed by atoms with Gasteiger partial charge in [-0.25, -0.2) is 9.78 Å². The molecule has 0 fully saturated rings. The number of benzene rings is 1. The second kappa shape index (κ2) is 5.92. The predicted octanol–water partition coefficient (Wildman–Crippen LogP) is 2.11. The maximum atomic E-state index is 10.8. The largest absolute Gasteiger partial charge is 0.476 e. The highest BCUT2D eigenvalue weighted by atomic mass is 16.5. The molecular weight excluding hydrogens is 248 g/mol. The molecule has 0 aliphatic rings. The molecule has 98 valence electrons. The molecule has 0 bridgehead atoms. The highest BCUT2D eigenvalue weighted by Crippen LogP contribution is 2.20. The van der Waals surface area contributed by atoms with E-state index in [4.69, 9.17) is 14.6 Å². The van der Waals surface area contributed by atoms with Gasteiger partial charge in [0.25, 0.3) is 0 Å².